The standard InChI is InChI=1S/C8H5BrF6O4/c9-2-3(16)1-4-5(17)19-6(18-4,7(10,11)12)8(13,14)15/h4H,1-2H2. The summed E-state index contributed by atoms with van der Waals surface area (Å²) in [7, 11) is 0. The van der Waals surface area contributed by atoms with Crippen LogP contribution in [0.3, 0.4) is 0 Å². The minimum atomic E-state index is -6.01. The van der Waals surface area contributed by atoms with Crippen LogP contribution in [0.2, 0.25) is 0 Å². The van der Waals surface area contributed by atoms with E-state index in [1.807, 2.05) is 0 Å². The number of hydrogen-bond acceptors (Lipinski definition) is 4. The Morgan fingerprint density at radius 2 is 1.68 bits per heavy atom. The highest BCUT2D eigenvalue weighted by Crippen LogP contribution is 2.50. The first-order chi connectivity index (χ1) is 8.44. The van der Waals surface area contributed by atoms with Crippen molar-refractivity contribution in [3.63, 3.8) is 0 Å². The van der Waals surface area contributed by atoms with Gasteiger partial charge in [-0.2, -0.15) is 26.3 Å². The number of alkyl halides is 7. The lowest BCUT2D eigenvalue weighted by Crippen LogP contribution is -2.58. The minimum Gasteiger partial charge on any atom is -0.414 e. The summed E-state index contributed by atoms with van der Waals surface area (Å²) < 4.78 is 81.8. The van der Waals surface area contributed by atoms with E-state index in [1.54, 1.807) is 0 Å². The second-order valence-electron chi connectivity index (χ2n) is 3.52. The van der Waals surface area contributed by atoms with Gasteiger partial charge in [0.05, 0.1) is 5.33 Å². The lowest BCUT2D eigenvalue weighted by molar-refractivity contribution is -0.439. The fraction of sp³-hybridized carbons (Fsp3) is 0.750. The van der Waals surface area contributed by atoms with Crippen molar-refractivity contribution < 1.29 is 45.4 Å². The van der Waals surface area contributed by atoms with Crippen LogP contribution in [0.4, 0.5) is 26.3 Å². The van der Waals surface area contributed by atoms with Crippen molar-refractivity contribution >= 4 is 27.7 Å². The van der Waals surface area contributed by atoms with E-state index in [0.29, 0.717) is 0 Å². The number of carbonyl (C=O) groups excluding carboxylic acids is 2. The molecule has 1 aliphatic heterocycles. The van der Waals surface area contributed by atoms with Crippen molar-refractivity contribution in [2.75, 3.05) is 5.33 Å². The van der Waals surface area contributed by atoms with E-state index < -0.39 is 42.4 Å². The summed E-state index contributed by atoms with van der Waals surface area (Å²) in [6.07, 6.45) is -15.2. The topological polar surface area (TPSA) is 52.6 Å². The summed E-state index contributed by atoms with van der Waals surface area (Å²) in [5.41, 5.74) is 0. The Kier molecular flexibility index (Phi) is 4.20. The summed E-state index contributed by atoms with van der Waals surface area (Å²) in [5.74, 6) is -7.71. The number of ketones is 1. The molecule has 1 saturated heterocycles. The zero-order valence-electron chi connectivity index (χ0n) is 8.77. The van der Waals surface area contributed by atoms with E-state index in [4.69, 9.17) is 0 Å². The van der Waals surface area contributed by atoms with E-state index in [2.05, 4.69) is 25.4 Å². The predicted molar refractivity (Wildman–Crippen MR) is 49.2 cm³/mol. The second-order valence-corrected chi connectivity index (χ2v) is 4.08. The zero-order chi connectivity index (χ0) is 15.1. The Hall–Kier alpha value is -0.840. The van der Waals surface area contributed by atoms with Crippen molar-refractivity contribution in [3.8, 4) is 0 Å². The molecule has 0 aromatic rings. The van der Waals surface area contributed by atoms with Gasteiger partial charge >= 0.3 is 24.1 Å². The van der Waals surface area contributed by atoms with Crippen LogP contribution >= 0.6 is 15.9 Å². The molecule has 0 radical (unpaired) electrons. The molecule has 0 aliphatic carbocycles. The Morgan fingerprint density at radius 1 is 1.21 bits per heavy atom. The van der Waals surface area contributed by atoms with Crippen LogP contribution in [0.15, 0.2) is 0 Å². The van der Waals surface area contributed by atoms with E-state index in [0.717, 1.165) is 0 Å². The van der Waals surface area contributed by atoms with Gasteiger partial charge < -0.3 is 9.47 Å². The quantitative estimate of drug-likeness (QED) is 0.440. The summed E-state index contributed by atoms with van der Waals surface area (Å²) in [5, 5.41) is -0.342. The second kappa shape index (κ2) is 4.93. The molecule has 0 aromatic heterocycles. The van der Waals surface area contributed by atoms with Gasteiger partial charge in [-0.1, -0.05) is 15.9 Å². The molecular formula is C8H5BrF6O4. The lowest BCUT2D eigenvalue weighted by atomic mass is 10.2. The van der Waals surface area contributed by atoms with Crippen LogP contribution in [-0.2, 0) is 19.1 Å². The molecule has 0 spiro atoms. The third-order valence-corrected chi connectivity index (χ3v) is 2.75. The average Bonchev–Trinajstić information content (AvgIpc) is 2.56. The largest absolute Gasteiger partial charge is 0.465 e. The molecule has 0 amide bonds. The van der Waals surface area contributed by atoms with Crippen LogP contribution in [-0.4, -0.2) is 41.3 Å². The maximum absolute atomic E-state index is 12.5. The first kappa shape index (κ1) is 16.2. The van der Waals surface area contributed by atoms with Gasteiger partial charge in [-0.05, 0) is 0 Å². The van der Waals surface area contributed by atoms with Gasteiger partial charge in [-0.3, -0.25) is 4.79 Å². The van der Waals surface area contributed by atoms with Crippen molar-refractivity contribution in [2.45, 2.75) is 30.7 Å². The number of hydrogen-bond donors (Lipinski definition) is 0. The number of carbonyl (C=O) groups is 2. The highest BCUT2D eigenvalue weighted by molar-refractivity contribution is 9.09. The third-order valence-electron chi connectivity index (χ3n) is 2.12. The molecule has 1 atom stereocenters. The van der Waals surface area contributed by atoms with Gasteiger partial charge in [-0.15, -0.1) is 0 Å². The Bertz CT molecular complexity index is 376. The molecule has 4 nitrogen and oxygen atoms in total. The maximum atomic E-state index is 12.5. The predicted octanol–water partition coefficient (Wildman–Crippen LogP) is 2.10. The van der Waals surface area contributed by atoms with Crippen LogP contribution in [0.25, 0.3) is 0 Å². The van der Waals surface area contributed by atoms with Crippen molar-refractivity contribution in [1.82, 2.24) is 0 Å². The first-order valence-corrected chi connectivity index (χ1v) is 5.68. The highest BCUT2D eigenvalue weighted by atomic mass is 79.9. The maximum Gasteiger partial charge on any atom is 0.465 e. The van der Waals surface area contributed by atoms with Crippen molar-refractivity contribution in [2.24, 2.45) is 0 Å². The van der Waals surface area contributed by atoms with E-state index in [9.17, 15) is 35.9 Å². The Balaban J connectivity index is 3.07. The van der Waals surface area contributed by atoms with Crippen LogP contribution in [0.5, 0.6) is 0 Å². The molecule has 0 N–H and O–H groups in total. The fourth-order valence-electron chi connectivity index (χ4n) is 1.28. The molecule has 0 aromatic carbocycles. The first-order valence-electron chi connectivity index (χ1n) is 4.56. The Morgan fingerprint density at radius 3 is 2.00 bits per heavy atom. The molecule has 1 rings (SSSR count). The molecular weight excluding hydrogens is 354 g/mol. The number of cyclic esters (lactones) is 1. The normalized spacial score (nSPS) is 23.3. The Labute approximate surface area is 110 Å². The number of halogens is 7. The molecule has 19 heavy (non-hydrogen) atoms. The summed E-state index contributed by atoms with van der Waals surface area (Å²) in [4.78, 5) is 21.9. The zero-order valence-corrected chi connectivity index (χ0v) is 10.4. The molecule has 1 aliphatic rings. The summed E-state index contributed by atoms with van der Waals surface area (Å²) >= 11 is 2.65. The molecule has 1 fully saturated rings. The SMILES string of the molecule is O=C(CBr)CC1OC(C(F)(F)F)(C(F)(F)F)OC1=O. The summed E-state index contributed by atoms with van der Waals surface area (Å²) in [6, 6.07) is 0. The lowest BCUT2D eigenvalue weighted by Gasteiger charge is -2.30. The van der Waals surface area contributed by atoms with E-state index in [-0.39, 0.29) is 5.33 Å². The number of rotatable bonds is 3. The fourth-order valence-corrected chi connectivity index (χ4v) is 1.51. The van der Waals surface area contributed by atoms with Gasteiger partial charge in [0.2, 0.25) is 0 Å². The van der Waals surface area contributed by atoms with Gasteiger partial charge in [0.25, 0.3) is 0 Å². The van der Waals surface area contributed by atoms with Crippen molar-refractivity contribution in [3.05, 3.63) is 0 Å². The number of Topliss-reactive ketones (excluding diaryl/α,β-unsaturated/α-hetero) is 1. The molecule has 1 heterocycles. The van der Waals surface area contributed by atoms with E-state index >= 15 is 0 Å². The third kappa shape index (κ3) is 2.86. The van der Waals surface area contributed by atoms with Gasteiger partial charge in [0.15, 0.2) is 6.10 Å². The summed E-state index contributed by atoms with van der Waals surface area (Å²) in [6.45, 7) is 0. The van der Waals surface area contributed by atoms with Crippen LogP contribution < -0.4 is 0 Å². The molecule has 11 heteroatoms. The number of ether oxygens (including phenoxy) is 2. The van der Waals surface area contributed by atoms with Gasteiger partial charge in [-0.25, -0.2) is 4.79 Å². The van der Waals surface area contributed by atoms with Crippen molar-refractivity contribution in [1.29, 1.82) is 0 Å². The molecule has 1 unspecified atom stereocenters. The van der Waals surface area contributed by atoms with Crippen LogP contribution in [0, 0.1) is 0 Å². The van der Waals surface area contributed by atoms with Gasteiger partial charge in [0.1, 0.15) is 5.78 Å². The number of esters is 1. The molecule has 0 bridgehead atoms. The highest BCUT2D eigenvalue weighted by Gasteiger charge is 2.80. The molecule has 110 valence electrons. The minimum absolute atomic E-state index is 0.342. The average molecular weight is 359 g/mol. The monoisotopic (exact) mass is 358 g/mol. The van der Waals surface area contributed by atoms with E-state index in [1.165, 1.54) is 0 Å². The van der Waals surface area contributed by atoms with Gasteiger partial charge in [0, 0.05) is 6.42 Å². The smallest absolute Gasteiger partial charge is 0.414 e. The molecule has 0 saturated carbocycles. The van der Waals surface area contributed by atoms with Crippen LogP contribution in [0.1, 0.15) is 6.42 Å².